The highest BCUT2D eigenvalue weighted by atomic mass is 127. The molecule has 0 radical (unpaired) electrons. The SMILES string of the molecule is O=S(=O)(CCC(I)[Si](c1ccccc1)(c1ccccc1)c1ccccc1)c1ccccc1. The van der Waals surface area contributed by atoms with E-state index in [1.54, 1.807) is 24.3 Å². The maximum Gasteiger partial charge on any atom is 0.178 e. The molecule has 0 saturated heterocycles. The summed E-state index contributed by atoms with van der Waals surface area (Å²) in [5.41, 5.74) is 0. The van der Waals surface area contributed by atoms with E-state index < -0.39 is 17.9 Å². The Labute approximate surface area is 205 Å². The van der Waals surface area contributed by atoms with Crippen LogP contribution in [0.15, 0.2) is 126 Å². The molecule has 0 heterocycles. The van der Waals surface area contributed by atoms with Gasteiger partial charge in [-0.25, -0.2) is 8.42 Å². The molecule has 0 N–H and O–H groups in total. The Bertz CT molecular complexity index is 1140. The second-order valence-corrected chi connectivity index (χ2v) is 16.6. The topological polar surface area (TPSA) is 34.1 Å². The summed E-state index contributed by atoms with van der Waals surface area (Å²) < 4.78 is 26.3. The molecule has 0 bridgehead atoms. The standard InChI is InChI=1S/C27H25IO2SSi/c28-27(21-22-31(29,30)23-13-5-1-6-14-23)32(24-15-7-2-8-16-24,25-17-9-3-10-18-25)26-19-11-4-12-20-26/h1-20,27H,21-22H2. The van der Waals surface area contributed by atoms with Crippen LogP contribution in [0.2, 0.25) is 0 Å². The van der Waals surface area contributed by atoms with Crippen LogP contribution in [0.4, 0.5) is 0 Å². The fourth-order valence-electron chi connectivity index (χ4n) is 4.37. The minimum Gasteiger partial charge on any atom is -0.224 e. The first kappa shape index (κ1) is 23.0. The highest BCUT2D eigenvalue weighted by molar-refractivity contribution is 14.1. The summed E-state index contributed by atoms with van der Waals surface area (Å²) >= 11 is 2.52. The second kappa shape index (κ2) is 10.1. The van der Waals surface area contributed by atoms with Gasteiger partial charge in [0.15, 0.2) is 17.9 Å². The molecule has 0 saturated carbocycles. The molecule has 0 aliphatic heterocycles. The molecule has 162 valence electrons. The Morgan fingerprint density at radius 3 is 1.31 bits per heavy atom. The lowest BCUT2D eigenvalue weighted by molar-refractivity contribution is 0.594. The lowest BCUT2D eigenvalue weighted by atomic mass is 10.3. The van der Waals surface area contributed by atoms with Gasteiger partial charge in [-0.3, -0.25) is 0 Å². The Kier molecular flexibility index (Phi) is 7.28. The minimum absolute atomic E-state index is 0.131. The molecule has 1 atom stereocenters. The van der Waals surface area contributed by atoms with Gasteiger partial charge in [-0.1, -0.05) is 132 Å². The maximum atomic E-state index is 13.1. The van der Waals surface area contributed by atoms with Crippen LogP contribution in [0.1, 0.15) is 6.42 Å². The fraction of sp³-hybridized carbons (Fsp3) is 0.111. The molecule has 4 rings (SSSR count). The van der Waals surface area contributed by atoms with Crippen molar-refractivity contribution < 1.29 is 8.42 Å². The van der Waals surface area contributed by atoms with Gasteiger partial charge >= 0.3 is 0 Å². The van der Waals surface area contributed by atoms with E-state index in [4.69, 9.17) is 0 Å². The number of benzene rings is 4. The van der Waals surface area contributed by atoms with Crippen molar-refractivity contribution in [2.45, 2.75) is 14.9 Å². The van der Waals surface area contributed by atoms with E-state index in [2.05, 4.69) is 95.4 Å². The molecular weight excluding hydrogens is 543 g/mol. The molecule has 2 nitrogen and oxygen atoms in total. The smallest absolute Gasteiger partial charge is 0.178 e. The fourth-order valence-corrected chi connectivity index (χ4v) is 14.7. The molecule has 0 fully saturated rings. The van der Waals surface area contributed by atoms with Gasteiger partial charge in [0.25, 0.3) is 0 Å². The van der Waals surface area contributed by atoms with Crippen molar-refractivity contribution in [2.75, 3.05) is 5.75 Å². The van der Waals surface area contributed by atoms with Crippen molar-refractivity contribution in [1.29, 1.82) is 0 Å². The number of rotatable bonds is 8. The maximum absolute atomic E-state index is 13.1. The Morgan fingerprint density at radius 1 is 0.594 bits per heavy atom. The van der Waals surface area contributed by atoms with Crippen molar-refractivity contribution in [1.82, 2.24) is 0 Å². The van der Waals surface area contributed by atoms with Crippen LogP contribution in [-0.4, -0.2) is 25.8 Å². The Balaban J connectivity index is 1.82. The first-order valence-corrected chi connectivity index (χ1v) is 15.6. The number of hydrogen-bond donors (Lipinski definition) is 0. The zero-order chi connectivity index (χ0) is 22.4. The quantitative estimate of drug-likeness (QED) is 0.137. The summed E-state index contributed by atoms with van der Waals surface area (Å²) in [5, 5.41) is 3.90. The van der Waals surface area contributed by atoms with Crippen molar-refractivity contribution in [3.8, 4) is 0 Å². The van der Waals surface area contributed by atoms with Crippen LogP contribution in [0, 0.1) is 0 Å². The Hall–Kier alpha value is -2.22. The summed E-state index contributed by atoms with van der Waals surface area (Å²) in [5.74, 6) is 0.131. The van der Waals surface area contributed by atoms with Gasteiger partial charge in [0.1, 0.15) is 0 Å². The number of alkyl halides is 1. The highest BCUT2D eigenvalue weighted by Gasteiger charge is 2.45. The van der Waals surface area contributed by atoms with Crippen LogP contribution in [0.25, 0.3) is 0 Å². The van der Waals surface area contributed by atoms with Gasteiger partial charge in [0.05, 0.1) is 10.6 Å². The monoisotopic (exact) mass is 568 g/mol. The summed E-state index contributed by atoms with van der Waals surface area (Å²) in [7, 11) is -5.85. The van der Waals surface area contributed by atoms with Gasteiger partial charge in [-0.05, 0) is 34.1 Å². The number of sulfone groups is 1. The van der Waals surface area contributed by atoms with Crippen molar-refractivity contribution in [3.63, 3.8) is 0 Å². The molecule has 5 heteroatoms. The zero-order valence-corrected chi connectivity index (χ0v) is 21.6. The van der Waals surface area contributed by atoms with Gasteiger partial charge in [-0.15, -0.1) is 0 Å². The van der Waals surface area contributed by atoms with E-state index in [1.807, 2.05) is 24.3 Å². The van der Waals surface area contributed by atoms with Crippen molar-refractivity contribution in [2.24, 2.45) is 0 Å². The number of hydrogen-bond acceptors (Lipinski definition) is 2. The molecule has 0 aromatic heterocycles. The lowest BCUT2D eigenvalue weighted by Gasteiger charge is -2.38. The van der Waals surface area contributed by atoms with E-state index in [0.29, 0.717) is 11.3 Å². The van der Waals surface area contributed by atoms with Gasteiger partial charge < -0.3 is 0 Å². The third kappa shape index (κ3) is 4.60. The average molecular weight is 569 g/mol. The summed E-state index contributed by atoms with van der Waals surface area (Å²) in [6.45, 7) is 0. The first-order valence-electron chi connectivity index (χ1n) is 10.6. The normalized spacial score (nSPS) is 12.9. The molecule has 4 aromatic carbocycles. The minimum atomic E-state index is -3.34. The van der Waals surface area contributed by atoms with Gasteiger partial charge in [0, 0.05) is 3.55 Å². The zero-order valence-electron chi connectivity index (χ0n) is 17.6. The van der Waals surface area contributed by atoms with Crippen LogP contribution >= 0.6 is 22.6 Å². The molecule has 0 aliphatic rings. The second-order valence-electron chi connectivity index (χ2n) is 7.79. The van der Waals surface area contributed by atoms with E-state index in [1.165, 1.54) is 15.6 Å². The van der Waals surface area contributed by atoms with Gasteiger partial charge in [-0.2, -0.15) is 0 Å². The van der Waals surface area contributed by atoms with Crippen LogP contribution in [0.3, 0.4) is 0 Å². The molecule has 0 spiro atoms. The molecule has 4 aromatic rings. The van der Waals surface area contributed by atoms with E-state index in [9.17, 15) is 8.42 Å². The summed E-state index contributed by atoms with van der Waals surface area (Å²) in [4.78, 5) is 0.398. The predicted molar refractivity (Wildman–Crippen MR) is 145 cm³/mol. The largest absolute Gasteiger partial charge is 0.224 e. The van der Waals surface area contributed by atoms with Crippen LogP contribution in [0.5, 0.6) is 0 Å². The number of halogens is 1. The third-order valence-corrected chi connectivity index (χ3v) is 16.0. The van der Waals surface area contributed by atoms with E-state index in [0.717, 1.165) is 0 Å². The Morgan fingerprint density at radius 2 is 0.938 bits per heavy atom. The first-order chi connectivity index (χ1) is 15.5. The molecule has 0 aliphatic carbocycles. The molecular formula is C27H25IO2SSi. The van der Waals surface area contributed by atoms with Crippen molar-refractivity contribution in [3.05, 3.63) is 121 Å². The van der Waals surface area contributed by atoms with Crippen LogP contribution in [-0.2, 0) is 9.84 Å². The average Bonchev–Trinajstić information content (AvgIpc) is 2.86. The summed E-state index contributed by atoms with van der Waals surface area (Å²) in [6, 6.07) is 40.7. The lowest BCUT2D eigenvalue weighted by Crippen LogP contribution is -2.72. The summed E-state index contributed by atoms with van der Waals surface area (Å²) in [6.07, 6.45) is 0.586. The van der Waals surface area contributed by atoms with E-state index in [-0.39, 0.29) is 9.30 Å². The van der Waals surface area contributed by atoms with Crippen molar-refractivity contribution >= 4 is 56.1 Å². The molecule has 1 unspecified atom stereocenters. The third-order valence-electron chi connectivity index (χ3n) is 5.90. The molecule has 32 heavy (non-hydrogen) atoms. The highest BCUT2D eigenvalue weighted by Crippen LogP contribution is 2.24. The van der Waals surface area contributed by atoms with E-state index >= 15 is 0 Å². The van der Waals surface area contributed by atoms with Crippen LogP contribution < -0.4 is 15.6 Å². The predicted octanol–water partition coefficient (Wildman–Crippen LogP) is 4.36. The van der Waals surface area contributed by atoms with Gasteiger partial charge in [0.2, 0.25) is 0 Å². The molecule has 0 amide bonds.